The van der Waals surface area contributed by atoms with E-state index in [0.717, 1.165) is 22.9 Å². The first-order chi connectivity index (χ1) is 11.2. The van der Waals surface area contributed by atoms with Crippen LogP contribution in [0.15, 0.2) is 66.7 Å². The van der Waals surface area contributed by atoms with Crippen LogP contribution in [0.3, 0.4) is 0 Å². The molecule has 112 valence electrons. The minimum atomic E-state index is -0.0644. The lowest BCUT2D eigenvalue weighted by Crippen LogP contribution is -2.19. The minimum absolute atomic E-state index is 0.0644. The van der Waals surface area contributed by atoms with Crippen LogP contribution in [0.1, 0.15) is 27.0 Å². The molecule has 0 fully saturated rings. The molecule has 1 aliphatic carbocycles. The van der Waals surface area contributed by atoms with Crippen molar-refractivity contribution in [3.63, 3.8) is 0 Å². The maximum atomic E-state index is 12.9. The van der Waals surface area contributed by atoms with Crippen LogP contribution in [0.4, 0.5) is 0 Å². The second-order valence-electron chi connectivity index (χ2n) is 6.31. The average molecular weight is 298 g/mol. The van der Waals surface area contributed by atoms with E-state index >= 15 is 0 Å². The first-order valence-corrected chi connectivity index (χ1v) is 8.01. The molecular formula is C22H18O. The highest BCUT2D eigenvalue weighted by atomic mass is 16.1. The molecular weight excluding hydrogens is 280 g/mol. The van der Waals surface area contributed by atoms with E-state index in [-0.39, 0.29) is 11.7 Å². The van der Waals surface area contributed by atoms with Crippen molar-refractivity contribution in [2.24, 2.45) is 5.92 Å². The lowest BCUT2D eigenvalue weighted by atomic mass is 9.83. The summed E-state index contributed by atoms with van der Waals surface area (Å²) in [5, 5.41) is 2.31. The number of hydrogen-bond acceptors (Lipinski definition) is 1. The molecule has 1 atom stereocenters. The van der Waals surface area contributed by atoms with Gasteiger partial charge in [-0.3, -0.25) is 4.79 Å². The molecule has 0 bridgehead atoms. The van der Waals surface area contributed by atoms with Crippen LogP contribution in [-0.4, -0.2) is 5.78 Å². The number of allylic oxidation sites excluding steroid dienone is 1. The quantitative estimate of drug-likeness (QED) is 0.634. The largest absolute Gasteiger partial charge is 0.293 e. The van der Waals surface area contributed by atoms with Gasteiger partial charge in [0.2, 0.25) is 0 Å². The Balaban J connectivity index is 1.70. The second kappa shape index (κ2) is 5.51. The van der Waals surface area contributed by atoms with Gasteiger partial charge in [-0.05, 0) is 47.4 Å². The maximum Gasteiger partial charge on any atom is 0.170 e. The summed E-state index contributed by atoms with van der Waals surface area (Å²) in [7, 11) is 0. The van der Waals surface area contributed by atoms with Gasteiger partial charge in [-0.15, -0.1) is 0 Å². The SMILES string of the molecule is Cc1cccc(CC2C=Cc3cc4ccccc4cc3C2=O)c1. The molecule has 0 heterocycles. The zero-order valence-corrected chi connectivity index (χ0v) is 13.1. The smallest absolute Gasteiger partial charge is 0.170 e. The van der Waals surface area contributed by atoms with Crippen LogP contribution in [0.5, 0.6) is 0 Å². The fraction of sp³-hybridized carbons (Fsp3) is 0.136. The van der Waals surface area contributed by atoms with E-state index < -0.39 is 0 Å². The van der Waals surface area contributed by atoms with E-state index in [2.05, 4.69) is 61.5 Å². The maximum absolute atomic E-state index is 12.9. The van der Waals surface area contributed by atoms with Crippen molar-refractivity contribution in [3.8, 4) is 0 Å². The second-order valence-corrected chi connectivity index (χ2v) is 6.31. The Kier molecular flexibility index (Phi) is 3.34. The van der Waals surface area contributed by atoms with Gasteiger partial charge in [0.1, 0.15) is 0 Å². The number of rotatable bonds is 2. The minimum Gasteiger partial charge on any atom is -0.293 e. The Labute approximate surface area is 136 Å². The molecule has 1 heteroatoms. The number of hydrogen-bond donors (Lipinski definition) is 0. The number of benzene rings is 3. The van der Waals surface area contributed by atoms with Gasteiger partial charge in [0.25, 0.3) is 0 Å². The highest BCUT2D eigenvalue weighted by molar-refractivity contribution is 6.07. The van der Waals surface area contributed by atoms with Gasteiger partial charge >= 0.3 is 0 Å². The zero-order chi connectivity index (χ0) is 15.8. The van der Waals surface area contributed by atoms with Crippen LogP contribution < -0.4 is 0 Å². The van der Waals surface area contributed by atoms with Gasteiger partial charge in [-0.25, -0.2) is 0 Å². The summed E-state index contributed by atoms with van der Waals surface area (Å²) in [6.45, 7) is 2.09. The number of Topliss-reactive ketones (excluding diaryl/α,β-unsaturated/α-hetero) is 1. The fourth-order valence-corrected chi connectivity index (χ4v) is 3.37. The summed E-state index contributed by atoms with van der Waals surface area (Å²) in [6, 6.07) is 20.8. The standard InChI is InChI=1S/C22H18O/c1-15-5-4-6-16(11-15)12-20-10-9-19-13-17-7-2-3-8-18(17)14-21(19)22(20)23/h2-11,13-14,20H,12H2,1H3. The van der Waals surface area contributed by atoms with Crippen molar-refractivity contribution in [1.82, 2.24) is 0 Å². The summed E-state index contributed by atoms with van der Waals surface area (Å²) in [5.41, 5.74) is 4.34. The Morgan fingerprint density at radius 3 is 2.48 bits per heavy atom. The van der Waals surface area contributed by atoms with Crippen LogP contribution in [0.2, 0.25) is 0 Å². The van der Waals surface area contributed by atoms with E-state index in [4.69, 9.17) is 0 Å². The molecule has 0 spiro atoms. The predicted octanol–water partition coefficient (Wildman–Crippen LogP) is 5.22. The van der Waals surface area contributed by atoms with Gasteiger partial charge in [0.05, 0.1) is 0 Å². The van der Waals surface area contributed by atoms with Crippen molar-refractivity contribution in [3.05, 3.63) is 89.0 Å². The van der Waals surface area contributed by atoms with E-state index in [0.29, 0.717) is 0 Å². The number of aryl methyl sites for hydroxylation is 1. The molecule has 0 aromatic heterocycles. The highest BCUT2D eigenvalue weighted by Gasteiger charge is 2.24. The first-order valence-electron chi connectivity index (χ1n) is 8.01. The van der Waals surface area contributed by atoms with E-state index in [1.54, 1.807) is 0 Å². The Morgan fingerprint density at radius 1 is 0.913 bits per heavy atom. The van der Waals surface area contributed by atoms with Gasteiger partial charge < -0.3 is 0 Å². The molecule has 1 aliphatic rings. The molecule has 1 nitrogen and oxygen atoms in total. The van der Waals surface area contributed by atoms with E-state index in [1.807, 2.05) is 18.2 Å². The van der Waals surface area contributed by atoms with Gasteiger partial charge in [0, 0.05) is 11.5 Å². The third-order valence-electron chi connectivity index (χ3n) is 4.57. The normalized spacial score (nSPS) is 16.6. The Morgan fingerprint density at radius 2 is 1.70 bits per heavy atom. The molecule has 23 heavy (non-hydrogen) atoms. The van der Waals surface area contributed by atoms with Crippen LogP contribution in [0.25, 0.3) is 16.8 Å². The summed E-state index contributed by atoms with van der Waals surface area (Å²) >= 11 is 0. The monoisotopic (exact) mass is 298 g/mol. The van der Waals surface area contributed by atoms with E-state index in [1.165, 1.54) is 16.5 Å². The third kappa shape index (κ3) is 2.59. The van der Waals surface area contributed by atoms with Crippen LogP contribution in [0, 0.1) is 12.8 Å². The summed E-state index contributed by atoms with van der Waals surface area (Å²) < 4.78 is 0. The summed E-state index contributed by atoms with van der Waals surface area (Å²) in [6.07, 6.45) is 4.93. The molecule has 0 saturated carbocycles. The van der Waals surface area contributed by atoms with Crippen LogP contribution in [-0.2, 0) is 6.42 Å². The van der Waals surface area contributed by atoms with Crippen molar-refractivity contribution >= 4 is 22.6 Å². The molecule has 3 aromatic rings. The van der Waals surface area contributed by atoms with Crippen molar-refractivity contribution in [2.45, 2.75) is 13.3 Å². The Bertz CT molecular complexity index is 934. The van der Waals surface area contributed by atoms with Crippen molar-refractivity contribution in [1.29, 1.82) is 0 Å². The molecule has 0 N–H and O–H groups in total. The molecule has 1 unspecified atom stereocenters. The number of ketones is 1. The number of carbonyl (C=O) groups excluding carboxylic acids is 1. The molecule has 4 rings (SSSR count). The molecule has 0 radical (unpaired) electrons. The van der Waals surface area contributed by atoms with Crippen LogP contribution >= 0.6 is 0 Å². The fourth-order valence-electron chi connectivity index (χ4n) is 3.37. The average Bonchev–Trinajstić information content (AvgIpc) is 2.56. The lowest BCUT2D eigenvalue weighted by Gasteiger charge is -2.19. The zero-order valence-electron chi connectivity index (χ0n) is 13.1. The van der Waals surface area contributed by atoms with Crippen molar-refractivity contribution < 1.29 is 4.79 Å². The lowest BCUT2D eigenvalue weighted by molar-refractivity contribution is 0.0943. The summed E-state index contributed by atoms with van der Waals surface area (Å²) in [4.78, 5) is 12.9. The van der Waals surface area contributed by atoms with Gasteiger partial charge in [-0.1, -0.05) is 66.2 Å². The topological polar surface area (TPSA) is 17.1 Å². The number of carbonyl (C=O) groups is 1. The Hall–Kier alpha value is -2.67. The van der Waals surface area contributed by atoms with Crippen molar-refractivity contribution in [2.75, 3.05) is 0 Å². The summed E-state index contributed by atoms with van der Waals surface area (Å²) in [5.74, 6) is 0.167. The van der Waals surface area contributed by atoms with Gasteiger partial charge in [0.15, 0.2) is 5.78 Å². The van der Waals surface area contributed by atoms with E-state index in [9.17, 15) is 4.79 Å². The molecule has 0 amide bonds. The molecule has 0 saturated heterocycles. The third-order valence-corrected chi connectivity index (χ3v) is 4.57. The predicted molar refractivity (Wildman–Crippen MR) is 95.7 cm³/mol. The molecule has 0 aliphatic heterocycles. The highest BCUT2D eigenvalue weighted by Crippen LogP contribution is 2.29. The molecule has 3 aromatic carbocycles. The number of fused-ring (bicyclic) bond motifs is 2. The van der Waals surface area contributed by atoms with Gasteiger partial charge in [-0.2, -0.15) is 0 Å². The first kappa shape index (κ1) is 14.0.